The van der Waals surface area contributed by atoms with Gasteiger partial charge in [0.2, 0.25) is 0 Å². The molecule has 0 atom stereocenters. The van der Waals surface area contributed by atoms with Gasteiger partial charge >= 0.3 is 6.18 Å². The Hall–Kier alpha value is -1.34. The van der Waals surface area contributed by atoms with E-state index >= 15 is 0 Å². The summed E-state index contributed by atoms with van der Waals surface area (Å²) < 4.78 is 40.1. The average Bonchev–Trinajstić information content (AvgIpc) is 2.73. The first-order chi connectivity index (χ1) is 8.45. The zero-order valence-electron chi connectivity index (χ0n) is 8.95. The van der Waals surface area contributed by atoms with Crippen LogP contribution in [0.15, 0.2) is 34.9 Å². The fourth-order valence-corrected chi connectivity index (χ4v) is 2.06. The van der Waals surface area contributed by atoms with E-state index in [9.17, 15) is 13.2 Å². The number of hydrogen-bond donors (Lipinski definition) is 1. The van der Waals surface area contributed by atoms with E-state index in [2.05, 4.69) is 21.0 Å². The lowest BCUT2D eigenvalue weighted by Gasteiger charge is -2.13. The highest BCUT2D eigenvalue weighted by Gasteiger charge is 2.38. The fourth-order valence-electron chi connectivity index (χ4n) is 1.61. The summed E-state index contributed by atoms with van der Waals surface area (Å²) in [7, 11) is 0. The summed E-state index contributed by atoms with van der Waals surface area (Å²) in [5.74, 6) is 0. The van der Waals surface area contributed by atoms with Crippen molar-refractivity contribution in [2.45, 2.75) is 12.8 Å². The Labute approximate surface area is 109 Å². The van der Waals surface area contributed by atoms with Crippen LogP contribution in [0.5, 0.6) is 0 Å². The quantitative estimate of drug-likeness (QED) is 0.923. The smallest absolute Gasteiger partial charge is 0.392 e. The Morgan fingerprint density at radius 1 is 1.28 bits per heavy atom. The summed E-state index contributed by atoms with van der Waals surface area (Å²) in [6, 6.07) is 6.43. The molecule has 0 aliphatic carbocycles. The maximum Gasteiger partial charge on any atom is 0.433 e. The van der Waals surface area contributed by atoms with Crippen LogP contribution in [0.25, 0.3) is 5.69 Å². The molecular weight excluding hydrogens is 313 g/mol. The number of nitrogens with zero attached hydrogens (tertiary/aromatic N) is 2. The van der Waals surface area contributed by atoms with Crippen LogP contribution in [0, 0.1) is 0 Å². The van der Waals surface area contributed by atoms with Crippen LogP contribution >= 0.6 is 15.9 Å². The summed E-state index contributed by atoms with van der Waals surface area (Å²) in [6.45, 7) is -0.709. The number of rotatable bonds is 2. The van der Waals surface area contributed by atoms with Crippen molar-refractivity contribution in [1.82, 2.24) is 9.78 Å². The SMILES string of the molecule is OCc1cnn(-c2ccccc2Br)c1C(F)(F)F. The fraction of sp³-hybridized carbons (Fsp3) is 0.182. The predicted molar refractivity (Wildman–Crippen MR) is 62.2 cm³/mol. The van der Waals surface area contributed by atoms with Gasteiger partial charge in [0.15, 0.2) is 5.69 Å². The molecule has 0 saturated heterocycles. The Kier molecular flexibility index (Phi) is 3.45. The van der Waals surface area contributed by atoms with Crippen molar-refractivity contribution in [1.29, 1.82) is 0 Å². The maximum absolute atomic E-state index is 13.0. The molecule has 0 saturated carbocycles. The first-order valence-electron chi connectivity index (χ1n) is 4.95. The van der Waals surface area contributed by atoms with E-state index < -0.39 is 18.5 Å². The van der Waals surface area contributed by atoms with Gasteiger partial charge in [-0.05, 0) is 28.1 Å². The van der Waals surface area contributed by atoms with E-state index in [0.717, 1.165) is 10.9 Å². The number of para-hydroxylation sites is 1. The maximum atomic E-state index is 13.0. The van der Waals surface area contributed by atoms with Crippen LogP contribution in [0.1, 0.15) is 11.3 Å². The van der Waals surface area contributed by atoms with E-state index in [-0.39, 0.29) is 11.3 Å². The molecule has 3 nitrogen and oxygen atoms in total. The van der Waals surface area contributed by atoms with E-state index in [1.807, 2.05) is 0 Å². The van der Waals surface area contributed by atoms with Gasteiger partial charge < -0.3 is 5.11 Å². The van der Waals surface area contributed by atoms with E-state index in [1.54, 1.807) is 18.2 Å². The van der Waals surface area contributed by atoms with Gasteiger partial charge in [-0.15, -0.1) is 0 Å². The van der Waals surface area contributed by atoms with Crippen LogP contribution in [-0.4, -0.2) is 14.9 Å². The summed E-state index contributed by atoms with van der Waals surface area (Å²) in [6.07, 6.45) is -3.56. The number of halogens is 4. The third-order valence-corrected chi connectivity index (χ3v) is 3.04. The molecule has 1 aromatic heterocycles. The number of hydrogen-bond acceptors (Lipinski definition) is 2. The topological polar surface area (TPSA) is 38.1 Å². The summed E-state index contributed by atoms with van der Waals surface area (Å²) in [5, 5.41) is 12.6. The third-order valence-electron chi connectivity index (χ3n) is 2.36. The van der Waals surface area contributed by atoms with E-state index in [1.165, 1.54) is 6.07 Å². The van der Waals surface area contributed by atoms with E-state index in [4.69, 9.17) is 5.11 Å². The molecule has 18 heavy (non-hydrogen) atoms. The normalized spacial score (nSPS) is 11.8. The molecule has 0 spiro atoms. The largest absolute Gasteiger partial charge is 0.433 e. The van der Waals surface area contributed by atoms with Crippen molar-refractivity contribution in [3.8, 4) is 5.69 Å². The van der Waals surface area contributed by atoms with Gasteiger partial charge in [-0.25, -0.2) is 4.68 Å². The van der Waals surface area contributed by atoms with Crippen LogP contribution in [0.2, 0.25) is 0 Å². The Morgan fingerprint density at radius 3 is 2.50 bits per heavy atom. The zero-order valence-corrected chi connectivity index (χ0v) is 10.5. The first kappa shape index (κ1) is 13.1. The minimum absolute atomic E-state index is 0.252. The van der Waals surface area contributed by atoms with Gasteiger partial charge in [0, 0.05) is 10.0 Å². The second-order valence-corrected chi connectivity index (χ2v) is 4.39. The Bertz CT molecular complexity index is 566. The van der Waals surface area contributed by atoms with Gasteiger partial charge in [0.1, 0.15) is 0 Å². The molecule has 0 radical (unpaired) electrons. The molecule has 1 N–H and O–H groups in total. The van der Waals surface area contributed by atoms with Crippen molar-refractivity contribution >= 4 is 15.9 Å². The van der Waals surface area contributed by atoms with Gasteiger partial charge in [0.25, 0.3) is 0 Å². The molecular formula is C11H8BrF3N2O. The lowest BCUT2D eigenvalue weighted by atomic mass is 10.2. The van der Waals surface area contributed by atoms with Crippen LogP contribution in [-0.2, 0) is 12.8 Å². The van der Waals surface area contributed by atoms with E-state index in [0.29, 0.717) is 4.47 Å². The highest BCUT2D eigenvalue weighted by Crippen LogP contribution is 2.34. The lowest BCUT2D eigenvalue weighted by molar-refractivity contribution is -0.143. The van der Waals surface area contributed by atoms with Crippen LogP contribution in [0.4, 0.5) is 13.2 Å². The highest BCUT2D eigenvalue weighted by molar-refractivity contribution is 9.10. The Morgan fingerprint density at radius 2 is 1.94 bits per heavy atom. The minimum Gasteiger partial charge on any atom is -0.392 e. The second kappa shape index (κ2) is 4.74. The van der Waals surface area contributed by atoms with Gasteiger partial charge in [-0.3, -0.25) is 0 Å². The van der Waals surface area contributed by atoms with Crippen molar-refractivity contribution < 1.29 is 18.3 Å². The molecule has 2 rings (SSSR count). The molecule has 2 aromatic rings. The predicted octanol–water partition coefficient (Wildman–Crippen LogP) is 3.15. The van der Waals surface area contributed by atoms with Crippen molar-refractivity contribution in [2.75, 3.05) is 0 Å². The highest BCUT2D eigenvalue weighted by atomic mass is 79.9. The summed E-state index contributed by atoms with van der Waals surface area (Å²) in [5.41, 5.74) is -0.945. The molecule has 1 aromatic carbocycles. The zero-order chi connectivity index (χ0) is 13.3. The number of aromatic nitrogens is 2. The lowest BCUT2D eigenvalue weighted by Crippen LogP contribution is -2.15. The molecule has 0 amide bonds. The molecule has 0 unspecified atom stereocenters. The van der Waals surface area contributed by atoms with Gasteiger partial charge in [0.05, 0.1) is 18.5 Å². The molecule has 0 bridgehead atoms. The third kappa shape index (κ3) is 2.28. The summed E-state index contributed by atoms with van der Waals surface area (Å²) >= 11 is 3.17. The second-order valence-electron chi connectivity index (χ2n) is 3.54. The molecule has 1 heterocycles. The average molecular weight is 321 g/mol. The number of alkyl halides is 3. The monoisotopic (exact) mass is 320 g/mol. The van der Waals surface area contributed by atoms with Crippen LogP contribution < -0.4 is 0 Å². The number of benzene rings is 1. The molecule has 0 fully saturated rings. The van der Waals surface area contributed by atoms with Gasteiger partial charge in [-0.2, -0.15) is 18.3 Å². The molecule has 7 heteroatoms. The standard InChI is InChI=1S/C11H8BrF3N2O/c12-8-3-1-2-4-9(8)17-10(11(13,14)15)7(6-18)5-16-17/h1-5,18H,6H2. The Balaban J connectivity index is 2.66. The van der Waals surface area contributed by atoms with Crippen molar-refractivity contribution in [3.05, 3.63) is 46.2 Å². The first-order valence-corrected chi connectivity index (χ1v) is 5.74. The summed E-state index contributed by atoms with van der Waals surface area (Å²) in [4.78, 5) is 0. The van der Waals surface area contributed by atoms with Crippen molar-refractivity contribution in [2.24, 2.45) is 0 Å². The number of aliphatic hydroxyl groups excluding tert-OH is 1. The molecule has 0 aliphatic heterocycles. The van der Waals surface area contributed by atoms with Crippen LogP contribution in [0.3, 0.4) is 0 Å². The molecule has 0 aliphatic rings. The minimum atomic E-state index is -4.58. The number of aliphatic hydroxyl groups is 1. The van der Waals surface area contributed by atoms with Crippen molar-refractivity contribution in [3.63, 3.8) is 0 Å². The van der Waals surface area contributed by atoms with Gasteiger partial charge in [-0.1, -0.05) is 12.1 Å². The molecule has 96 valence electrons.